The van der Waals surface area contributed by atoms with Crippen LogP contribution in [0.1, 0.15) is 12.0 Å². The van der Waals surface area contributed by atoms with E-state index < -0.39 is 28.3 Å². The monoisotopic (exact) mass is 389 g/mol. The summed E-state index contributed by atoms with van der Waals surface area (Å²) in [7, 11) is 0. The van der Waals surface area contributed by atoms with Gasteiger partial charge in [-0.25, -0.2) is 4.39 Å². The number of benzene rings is 2. The molecule has 9 heteroatoms. The Bertz CT molecular complexity index is 918. The number of hydrogen-bond donors (Lipinski definition) is 1. The van der Waals surface area contributed by atoms with Crippen molar-refractivity contribution in [2.24, 2.45) is 5.92 Å². The number of amides is 2. The molecule has 1 saturated heterocycles. The second-order valence-electron chi connectivity index (χ2n) is 6.53. The minimum atomic E-state index is -0.994. The maximum Gasteiger partial charge on any atom is 0.306 e. The molecule has 1 N–H and O–H groups in total. The molecule has 146 valence electrons. The number of nitro groups is 1. The number of nitrogens with zero attached hydrogens (tertiary/aromatic N) is 2. The SMILES string of the molecule is O=C(Nc1ccc(F)c([N+](=O)[O-])c1)[C@H]1CC(=O)N(CCc2ccc(F)cc2)C1. The highest BCUT2D eigenvalue weighted by molar-refractivity contribution is 5.97. The van der Waals surface area contributed by atoms with Gasteiger partial charge in [0.25, 0.3) is 0 Å². The first kappa shape index (κ1) is 19.4. The predicted molar refractivity (Wildman–Crippen MR) is 96.5 cm³/mol. The average molecular weight is 389 g/mol. The van der Waals surface area contributed by atoms with Crippen molar-refractivity contribution in [1.82, 2.24) is 4.90 Å². The Hall–Kier alpha value is -3.36. The molecule has 1 aliphatic heterocycles. The van der Waals surface area contributed by atoms with Crippen LogP contribution in [0, 0.1) is 27.7 Å². The molecule has 0 unspecified atom stereocenters. The Kier molecular flexibility index (Phi) is 5.62. The van der Waals surface area contributed by atoms with Crippen molar-refractivity contribution < 1.29 is 23.3 Å². The van der Waals surface area contributed by atoms with E-state index in [1.54, 1.807) is 17.0 Å². The average Bonchev–Trinajstić information content (AvgIpc) is 3.03. The van der Waals surface area contributed by atoms with Gasteiger partial charge in [-0.15, -0.1) is 0 Å². The fourth-order valence-electron chi connectivity index (χ4n) is 3.05. The summed E-state index contributed by atoms with van der Waals surface area (Å²) >= 11 is 0. The highest BCUT2D eigenvalue weighted by Crippen LogP contribution is 2.24. The van der Waals surface area contributed by atoms with Crippen LogP contribution in [0.25, 0.3) is 0 Å². The van der Waals surface area contributed by atoms with Crippen molar-refractivity contribution in [3.8, 4) is 0 Å². The molecule has 2 aromatic rings. The van der Waals surface area contributed by atoms with Gasteiger partial charge in [0.15, 0.2) is 0 Å². The van der Waals surface area contributed by atoms with E-state index in [0.717, 1.165) is 17.7 Å². The van der Waals surface area contributed by atoms with E-state index in [1.165, 1.54) is 18.2 Å². The normalized spacial score (nSPS) is 16.3. The lowest BCUT2D eigenvalue weighted by Gasteiger charge is -2.16. The van der Waals surface area contributed by atoms with Crippen molar-refractivity contribution in [3.63, 3.8) is 0 Å². The first-order valence-electron chi connectivity index (χ1n) is 8.60. The van der Waals surface area contributed by atoms with Gasteiger partial charge < -0.3 is 10.2 Å². The van der Waals surface area contributed by atoms with Crippen molar-refractivity contribution in [2.45, 2.75) is 12.8 Å². The maximum atomic E-state index is 13.4. The van der Waals surface area contributed by atoms with Gasteiger partial charge in [-0.05, 0) is 36.2 Å². The van der Waals surface area contributed by atoms with Crippen LogP contribution in [0.4, 0.5) is 20.2 Å². The number of nitrogens with one attached hydrogen (secondary N) is 1. The Morgan fingerprint density at radius 3 is 2.61 bits per heavy atom. The van der Waals surface area contributed by atoms with Crippen molar-refractivity contribution in [3.05, 3.63) is 69.8 Å². The number of carbonyl (C=O) groups excluding carboxylic acids is 2. The summed E-state index contributed by atoms with van der Waals surface area (Å²) in [4.78, 5) is 36.0. The van der Waals surface area contributed by atoms with Crippen LogP contribution in [-0.4, -0.2) is 34.7 Å². The van der Waals surface area contributed by atoms with Crippen molar-refractivity contribution in [2.75, 3.05) is 18.4 Å². The Labute approximate surface area is 159 Å². The molecule has 2 aromatic carbocycles. The summed E-state index contributed by atoms with van der Waals surface area (Å²) in [6, 6.07) is 9.05. The first-order chi connectivity index (χ1) is 13.3. The third-order valence-corrected chi connectivity index (χ3v) is 4.58. The van der Waals surface area contributed by atoms with Gasteiger partial charge in [-0.1, -0.05) is 12.1 Å². The lowest BCUT2D eigenvalue weighted by atomic mass is 10.1. The molecule has 1 atom stereocenters. The van der Waals surface area contributed by atoms with Crippen LogP contribution >= 0.6 is 0 Å². The van der Waals surface area contributed by atoms with E-state index in [2.05, 4.69) is 5.32 Å². The van der Waals surface area contributed by atoms with Crippen molar-refractivity contribution >= 4 is 23.2 Å². The number of nitro benzene ring substituents is 1. The van der Waals surface area contributed by atoms with Gasteiger partial charge in [0, 0.05) is 31.3 Å². The zero-order valence-electron chi connectivity index (χ0n) is 14.7. The summed E-state index contributed by atoms with van der Waals surface area (Å²) in [6.07, 6.45) is 0.559. The number of halogens is 2. The number of carbonyl (C=O) groups is 2. The van der Waals surface area contributed by atoms with Crippen LogP contribution < -0.4 is 5.32 Å². The van der Waals surface area contributed by atoms with E-state index in [1.807, 2.05) is 0 Å². The van der Waals surface area contributed by atoms with Gasteiger partial charge in [0.2, 0.25) is 17.6 Å². The molecule has 0 aromatic heterocycles. The number of rotatable bonds is 6. The van der Waals surface area contributed by atoms with Gasteiger partial charge in [-0.3, -0.25) is 19.7 Å². The summed E-state index contributed by atoms with van der Waals surface area (Å²) in [5.74, 6) is -2.57. The van der Waals surface area contributed by atoms with Gasteiger partial charge in [0.1, 0.15) is 5.82 Å². The topological polar surface area (TPSA) is 92.5 Å². The quantitative estimate of drug-likeness (QED) is 0.607. The number of hydrogen-bond acceptors (Lipinski definition) is 4. The van der Waals surface area contributed by atoms with E-state index in [-0.39, 0.29) is 30.4 Å². The molecule has 1 aliphatic rings. The summed E-state index contributed by atoms with van der Waals surface area (Å²) in [5, 5.41) is 13.3. The molecule has 0 spiro atoms. The Balaban J connectivity index is 1.58. The summed E-state index contributed by atoms with van der Waals surface area (Å²) in [6.45, 7) is 0.616. The van der Waals surface area contributed by atoms with Crippen molar-refractivity contribution in [1.29, 1.82) is 0 Å². The molecular formula is C19H17F2N3O4. The minimum absolute atomic E-state index is 0.0263. The fourth-order valence-corrected chi connectivity index (χ4v) is 3.05. The first-order valence-corrected chi connectivity index (χ1v) is 8.60. The predicted octanol–water partition coefficient (Wildman–Crippen LogP) is 2.90. The lowest BCUT2D eigenvalue weighted by molar-refractivity contribution is -0.387. The zero-order valence-corrected chi connectivity index (χ0v) is 14.7. The smallest absolute Gasteiger partial charge is 0.306 e. The second kappa shape index (κ2) is 8.12. The molecule has 1 fully saturated rings. The third-order valence-electron chi connectivity index (χ3n) is 4.58. The molecule has 0 radical (unpaired) electrons. The van der Waals surface area contributed by atoms with Crippen LogP contribution in [-0.2, 0) is 16.0 Å². The molecular weight excluding hydrogens is 372 g/mol. The molecule has 1 heterocycles. The third kappa shape index (κ3) is 4.48. The fraction of sp³-hybridized carbons (Fsp3) is 0.263. The largest absolute Gasteiger partial charge is 0.342 e. The molecule has 0 aliphatic carbocycles. The Morgan fingerprint density at radius 2 is 1.93 bits per heavy atom. The zero-order chi connectivity index (χ0) is 20.3. The lowest BCUT2D eigenvalue weighted by Crippen LogP contribution is -2.30. The van der Waals surface area contributed by atoms with Crippen LogP contribution in [0.5, 0.6) is 0 Å². The number of anilines is 1. The number of likely N-dealkylation sites (tertiary alicyclic amines) is 1. The molecule has 28 heavy (non-hydrogen) atoms. The standard InChI is InChI=1S/C19H17F2N3O4/c20-14-3-1-12(2-4-14)7-8-23-11-13(9-18(23)25)19(26)22-15-5-6-16(21)17(10-15)24(27)28/h1-6,10,13H,7-9,11H2,(H,22,26)/t13-/m0/s1. The van der Waals surface area contributed by atoms with Crippen LogP contribution in [0.15, 0.2) is 42.5 Å². The van der Waals surface area contributed by atoms with Crippen LogP contribution in [0.3, 0.4) is 0 Å². The van der Waals surface area contributed by atoms with E-state index in [9.17, 15) is 28.5 Å². The Morgan fingerprint density at radius 1 is 1.21 bits per heavy atom. The van der Waals surface area contributed by atoms with E-state index in [4.69, 9.17) is 0 Å². The van der Waals surface area contributed by atoms with E-state index >= 15 is 0 Å². The van der Waals surface area contributed by atoms with Gasteiger partial charge in [-0.2, -0.15) is 4.39 Å². The molecule has 0 saturated carbocycles. The summed E-state index contributed by atoms with van der Waals surface area (Å²) < 4.78 is 26.3. The van der Waals surface area contributed by atoms with Gasteiger partial charge in [0.05, 0.1) is 10.8 Å². The highest BCUT2D eigenvalue weighted by Gasteiger charge is 2.34. The highest BCUT2D eigenvalue weighted by atomic mass is 19.1. The molecule has 7 nitrogen and oxygen atoms in total. The van der Waals surface area contributed by atoms with Crippen LogP contribution in [0.2, 0.25) is 0 Å². The molecule has 2 amide bonds. The maximum absolute atomic E-state index is 13.4. The summed E-state index contributed by atoms with van der Waals surface area (Å²) in [5.41, 5.74) is 0.234. The molecule has 0 bridgehead atoms. The van der Waals surface area contributed by atoms with E-state index in [0.29, 0.717) is 13.0 Å². The van der Waals surface area contributed by atoms with Gasteiger partial charge >= 0.3 is 5.69 Å². The minimum Gasteiger partial charge on any atom is -0.342 e. The second-order valence-corrected chi connectivity index (χ2v) is 6.53. The molecule has 3 rings (SSSR count).